The van der Waals surface area contributed by atoms with Gasteiger partial charge in [-0.05, 0) is 0 Å². The lowest BCUT2D eigenvalue weighted by molar-refractivity contribution is 0.290. The average Bonchev–Trinajstić information content (AvgIpc) is 2.02. The lowest BCUT2D eigenvalue weighted by Gasteiger charge is -2.08. The predicted molar refractivity (Wildman–Crippen MR) is 50.0 cm³/mol. The van der Waals surface area contributed by atoms with Gasteiger partial charge in [-0.25, -0.2) is 0 Å². The molecule has 0 N–H and O–H groups in total. The standard InChI is InChI=1S/C8H14O4S/c1-5-7(3)11-13(9,10)12-8(4)6-2/h3-6H2,1-2H3. The predicted octanol–water partition coefficient (Wildman–Crippen LogP) is 2.11. The lowest BCUT2D eigenvalue weighted by Crippen LogP contribution is -2.08. The van der Waals surface area contributed by atoms with Gasteiger partial charge in [-0.15, -0.1) is 8.42 Å². The van der Waals surface area contributed by atoms with E-state index in [0.29, 0.717) is 12.8 Å². The van der Waals surface area contributed by atoms with Crippen molar-refractivity contribution in [2.45, 2.75) is 26.7 Å². The van der Waals surface area contributed by atoms with Crippen LogP contribution in [-0.2, 0) is 18.8 Å². The number of hydrogen-bond donors (Lipinski definition) is 0. The van der Waals surface area contributed by atoms with Gasteiger partial charge >= 0.3 is 10.4 Å². The largest absolute Gasteiger partial charge is 0.500 e. The molecular weight excluding hydrogens is 192 g/mol. The van der Waals surface area contributed by atoms with Crippen molar-refractivity contribution in [2.24, 2.45) is 0 Å². The lowest BCUT2D eigenvalue weighted by atomic mass is 10.4. The van der Waals surface area contributed by atoms with Crippen molar-refractivity contribution in [1.29, 1.82) is 0 Å². The van der Waals surface area contributed by atoms with Crippen molar-refractivity contribution in [2.75, 3.05) is 0 Å². The van der Waals surface area contributed by atoms with Crippen molar-refractivity contribution in [3.8, 4) is 0 Å². The van der Waals surface area contributed by atoms with Gasteiger partial charge in [0, 0.05) is 12.8 Å². The molecule has 4 nitrogen and oxygen atoms in total. The van der Waals surface area contributed by atoms with Gasteiger partial charge in [0.2, 0.25) is 0 Å². The third kappa shape index (κ3) is 5.30. The van der Waals surface area contributed by atoms with E-state index in [1.165, 1.54) is 0 Å². The molecule has 13 heavy (non-hydrogen) atoms. The number of rotatable bonds is 6. The van der Waals surface area contributed by atoms with E-state index in [4.69, 9.17) is 0 Å². The molecule has 0 aromatic rings. The van der Waals surface area contributed by atoms with Crippen LogP contribution in [0.5, 0.6) is 0 Å². The Hall–Kier alpha value is -0.970. The molecule has 76 valence electrons. The fourth-order valence-corrected chi connectivity index (χ4v) is 1.27. The Labute approximate surface area is 79.2 Å². The number of hydrogen-bond acceptors (Lipinski definition) is 4. The van der Waals surface area contributed by atoms with Crippen LogP contribution in [0, 0.1) is 0 Å². The van der Waals surface area contributed by atoms with Crippen LogP contribution in [0.3, 0.4) is 0 Å². The first kappa shape index (κ1) is 12.0. The first-order valence-electron chi connectivity index (χ1n) is 3.90. The molecule has 0 rings (SSSR count). The Morgan fingerprint density at radius 1 is 1.08 bits per heavy atom. The summed E-state index contributed by atoms with van der Waals surface area (Å²) in [5, 5.41) is 0. The highest BCUT2D eigenvalue weighted by atomic mass is 32.3. The maximum atomic E-state index is 11.0. The highest BCUT2D eigenvalue weighted by Crippen LogP contribution is 2.11. The molecule has 0 saturated heterocycles. The molecule has 0 spiro atoms. The Morgan fingerprint density at radius 2 is 1.38 bits per heavy atom. The summed E-state index contributed by atoms with van der Waals surface area (Å²) in [4.78, 5) is 0. The minimum Gasteiger partial charge on any atom is -0.358 e. The van der Waals surface area contributed by atoms with E-state index in [0.717, 1.165) is 0 Å². The van der Waals surface area contributed by atoms with E-state index in [2.05, 4.69) is 21.5 Å². The van der Waals surface area contributed by atoms with Gasteiger partial charge in [0.15, 0.2) is 0 Å². The van der Waals surface area contributed by atoms with Crippen molar-refractivity contribution in [3.63, 3.8) is 0 Å². The van der Waals surface area contributed by atoms with Crippen molar-refractivity contribution < 1.29 is 16.8 Å². The smallest absolute Gasteiger partial charge is 0.358 e. The summed E-state index contributed by atoms with van der Waals surface area (Å²) < 4.78 is 30.9. The van der Waals surface area contributed by atoms with Gasteiger partial charge in [0.05, 0.1) is 0 Å². The first-order valence-corrected chi connectivity index (χ1v) is 5.24. The fourth-order valence-electron chi connectivity index (χ4n) is 0.424. The molecule has 0 radical (unpaired) electrons. The minimum absolute atomic E-state index is 0.143. The first-order chi connectivity index (χ1) is 5.91. The van der Waals surface area contributed by atoms with Crippen LogP contribution in [0.4, 0.5) is 0 Å². The molecular formula is C8H14O4S. The summed E-state index contributed by atoms with van der Waals surface area (Å²) >= 11 is 0. The maximum absolute atomic E-state index is 11.0. The van der Waals surface area contributed by atoms with Crippen LogP contribution in [0.2, 0.25) is 0 Å². The Kier molecular flexibility index (Phi) is 4.55. The molecule has 0 aromatic heterocycles. The zero-order chi connectivity index (χ0) is 10.5. The summed E-state index contributed by atoms with van der Waals surface area (Å²) in [6, 6.07) is 0. The van der Waals surface area contributed by atoms with Crippen LogP contribution in [0.1, 0.15) is 26.7 Å². The van der Waals surface area contributed by atoms with Crippen molar-refractivity contribution in [3.05, 3.63) is 24.7 Å². The second-order valence-electron chi connectivity index (χ2n) is 2.36. The molecule has 0 saturated carbocycles. The topological polar surface area (TPSA) is 52.6 Å². The molecule has 0 aromatic carbocycles. The minimum atomic E-state index is -4.00. The van der Waals surface area contributed by atoms with Gasteiger partial charge in [0.1, 0.15) is 11.5 Å². The highest BCUT2D eigenvalue weighted by Gasteiger charge is 2.15. The normalized spacial score (nSPS) is 10.6. The summed E-state index contributed by atoms with van der Waals surface area (Å²) in [5.74, 6) is 0.285. The van der Waals surface area contributed by atoms with Crippen molar-refractivity contribution >= 4 is 10.4 Å². The van der Waals surface area contributed by atoms with Gasteiger partial charge in [-0.1, -0.05) is 27.0 Å². The second kappa shape index (κ2) is 4.91. The molecule has 0 atom stereocenters. The molecule has 0 fully saturated rings. The molecule has 0 amide bonds. The molecule has 0 aliphatic heterocycles. The monoisotopic (exact) mass is 206 g/mol. The van der Waals surface area contributed by atoms with E-state index < -0.39 is 10.4 Å². The van der Waals surface area contributed by atoms with E-state index in [1.54, 1.807) is 13.8 Å². The van der Waals surface area contributed by atoms with E-state index >= 15 is 0 Å². The Balaban J connectivity index is 4.26. The van der Waals surface area contributed by atoms with E-state index in [-0.39, 0.29) is 11.5 Å². The summed E-state index contributed by atoms with van der Waals surface area (Å²) in [5.41, 5.74) is 0. The molecule has 0 bridgehead atoms. The van der Waals surface area contributed by atoms with Crippen molar-refractivity contribution in [1.82, 2.24) is 0 Å². The van der Waals surface area contributed by atoms with E-state index in [1.807, 2.05) is 0 Å². The number of allylic oxidation sites excluding steroid dienone is 2. The van der Waals surface area contributed by atoms with Gasteiger partial charge < -0.3 is 8.37 Å². The third-order valence-electron chi connectivity index (χ3n) is 1.23. The van der Waals surface area contributed by atoms with Crippen LogP contribution >= 0.6 is 0 Å². The molecule has 0 unspecified atom stereocenters. The molecule has 5 heteroatoms. The zero-order valence-electron chi connectivity index (χ0n) is 7.87. The quantitative estimate of drug-likeness (QED) is 0.624. The SMILES string of the molecule is C=C(CC)OS(=O)(=O)OC(=C)CC. The summed E-state index contributed by atoms with van der Waals surface area (Å²) in [6.45, 7) is 10.2. The molecule has 0 aliphatic carbocycles. The maximum Gasteiger partial charge on any atom is 0.500 e. The van der Waals surface area contributed by atoms with Gasteiger partial charge in [-0.2, -0.15) is 0 Å². The zero-order valence-corrected chi connectivity index (χ0v) is 8.69. The highest BCUT2D eigenvalue weighted by molar-refractivity contribution is 7.82. The van der Waals surface area contributed by atoms with Crippen LogP contribution in [0.15, 0.2) is 24.7 Å². The third-order valence-corrected chi connectivity index (χ3v) is 2.11. The molecule has 0 heterocycles. The van der Waals surface area contributed by atoms with E-state index in [9.17, 15) is 8.42 Å². The van der Waals surface area contributed by atoms with Gasteiger partial charge in [0.25, 0.3) is 0 Å². The summed E-state index contributed by atoms with van der Waals surface area (Å²) in [6.07, 6.45) is 0.836. The Morgan fingerprint density at radius 3 is 1.62 bits per heavy atom. The van der Waals surface area contributed by atoms with Crippen LogP contribution in [0.25, 0.3) is 0 Å². The van der Waals surface area contributed by atoms with Crippen LogP contribution < -0.4 is 0 Å². The van der Waals surface area contributed by atoms with Crippen LogP contribution in [-0.4, -0.2) is 8.42 Å². The fraction of sp³-hybridized carbons (Fsp3) is 0.500. The Bertz CT molecular complexity index is 265. The van der Waals surface area contributed by atoms with Gasteiger partial charge in [-0.3, -0.25) is 0 Å². The average molecular weight is 206 g/mol. The second-order valence-corrected chi connectivity index (χ2v) is 3.51. The summed E-state index contributed by atoms with van der Waals surface area (Å²) in [7, 11) is -4.00. The molecule has 0 aliphatic rings.